The molecule has 2 atom stereocenters. The largest absolute Gasteiger partial charge is 0.309 e. The van der Waals surface area contributed by atoms with Crippen molar-refractivity contribution in [2.75, 3.05) is 5.75 Å². The van der Waals surface area contributed by atoms with Crippen LogP contribution in [0.4, 0.5) is 8.78 Å². The summed E-state index contributed by atoms with van der Waals surface area (Å²) in [5, 5.41) is 3.93. The molecule has 1 aromatic rings. The van der Waals surface area contributed by atoms with Crippen LogP contribution in [0.2, 0.25) is 0 Å². The van der Waals surface area contributed by atoms with Gasteiger partial charge in [-0.25, -0.2) is 8.78 Å². The maximum absolute atomic E-state index is 13.4. The summed E-state index contributed by atoms with van der Waals surface area (Å²) in [5.74, 6) is 0.228. The second-order valence-corrected chi connectivity index (χ2v) is 5.93. The molecule has 17 heavy (non-hydrogen) atoms. The maximum atomic E-state index is 13.4. The lowest BCUT2D eigenvalue weighted by molar-refractivity contribution is 0.454. The van der Waals surface area contributed by atoms with Crippen LogP contribution in [0, 0.1) is 11.6 Å². The van der Waals surface area contributed by atoms with Gasteiger partial charge in [-0.1, -0.05) is 13.0 Å². The normalized spacial score (nSPS) is 24.9. The van der Waals surface area contributed by atoms with Crippen molar-refractivity contribution >= 4 is 11.8 Å². The monoisotopic (exact) mass is 257 g/mol. The zero-order chi connectivity index (χ0) is 12.3. The summed E-state index contributed by atoms with van der Waals surface area (Å²) >= 11 is 1.95. The van der Waals surface area contributed by atoms with Crippen molar-refractivity contribution < 1.29 is 8.78 Å². The first-order chi connectivity index (χ1) is 8.16. The number of benzene rings is 1. The van der Waals surface area contributed by atoms with Gasteiger partial charge in [-0.2, -0.15) is 11.8 Å². The Morgan fingerprint density at radius 2 is 2.24 bits per heavy atom. The van der Waals surface area contributed by atoms with Crippen molar-refractivity contribution in [2.24, 2.45) is 0 Å². The molecule has 0 radical (unpaired) electrons. The van der Waals surface area contributed by atoms with Crippen LogP contribution in [-0.2, 0) is 6.54 Å². The fraction of sp³-hybridized carbons (Fsp3) is 0.538. The Bertz CT molecular complexity index is 384. The summed E-state index contributed by atoms with van der Waals surface area (Å²) in [4.78, 5) is 0. The first kappa shape index (κ1) is 12.8. The lowest BCUT2D eigenvalue weighted by Crippen LogP contribution is -2.38. The van der Waals surface area contributed by atoms with Crippen molar-refractivity contribution in [3.05, 3.63) is 35.4 Å². The van der Waals surface area contributed by atoms with E-state index in [4.69, 9.17) is 0 Å². The third-order valence-electron chi connectivity index (χ3n) is 3.18. The number of hydrogen-bond donors (Lipinski definition) is 1. The molecule has 94 valence electrons. The fourth-order valence-corrected chi connectivity index (χ4v) is 3.27. The van der Waals surface area contributed by atoms with E-state index in [-0.39, 0.29) is 0 Å². The number of nitrogens with one attached hydrogen (secondary N) is 1. The van der Waals surface area contributed by atoms with Gasteiger partial charge in [0.2, 0.25) is 0 Å². The molecule has 1 nitrogen and oxygen atoms in total. The fourth-order valence-electron chi connectivity index (χ4n) is 2.10. The molecule has 1 aliphatic heterocycles. The highest BCUT2D eigenvalue weighted by molar-refractivity contribution is 7.99. The van der Waals surface area contributed by atoms with Crippen LogP contribution in [0.15, 0.2) is 18.2 Å². The zero-order valence-corrected chi connectivity index (χ0v) is 10.7. The minimum absolute atomic E-state index is 0.429. The van der Waals surface area contributed by atoms with Gasteiger partial charge >= 0.3 is 0 Å². The number of halogens is 2. The first-order valence-electron chi connectivity index (χ1n) is 5.96. The van der Waals surface area contributed by atoms with E-state index >= 15 is 0 Å². The molecule has 2 unspecified atom stereocenters. The van der Waals surface area contributed by atoms with Gasteiger partial charge in [-0.3, -0.25) is 0 Å². The number of rotatable bonds is 3. The zero-order valence-electron chi connectivity index (χ0n) is 9.88. The Hall–Kier alpha value is -0.610. The van der Waals surface area contributed by atoms with Crippen LogP contribution in [-0.4, -0.2) is 17.0 Å². The molecule has 2 rings (SSSR count). The van der Waals surface area contributed by atoms with Gasteiger partial charge in [0.25, 0.3) is 0 Å². The predicted octanol–water partition coefficient (Wildman–Crippen LogP) is 3.34. The minimum atomic E-state index is -0.521. The predicted molar refractivity (Wildman–Crippen MR) is 68.1 cm³/mol. The molecular formula is C13H17F2NS. The average Bonchev–Trinajstić information content (AvgIpc) is 2.30. The molecule has 0 bridgehead atoms. The van der Waals surface area contributed by atoms with Crippen molar-refractivity contribution in [3.63, 3.8) is 0 Å². The average molecular weight is 257 g/mol. The van der Waals surface area contributed by atoms with E-state index in [0.29, 0.717) is 23.4 Å². The molecule has 0 saturated carbocycles. The Morgan fingerprint density at radius 3 is 2.94 bits per heavy atom. The Kier molecular flexibility index (Phi) is 4.40. The van der Waals surface area contributed by atoms with Crippen molar-refractivity contribution in [1.29, 1.82) is 0 Å². The van der Waals surface area contributed by atoms with Gasteiger partial charge in [-0.15, -0.1) is 0 Å². The van der Waals surface area contributed by atoms with E-state index in [1.54, 1.807) is 0 Å². The highest BCUT2D eigenvalue weighted by atomic mass is 32.2. The molecule has 1 saturated heterocycles. The van der Waals surface area contributed by atoms with Gasteiger partial charge in [0.1, 0.15) is 11.6 Å². The highest BCUT2D eigenvalue weighted by Crippen LogP contribution is 2.25. The van der Waals surface area contributed by atoms with Crippen LogP contribution in [0.3, 0.4) is 0 Å². The third-order valence-corrected chi connectivity index (χ3v) is 4.56. The smallest absolute Gasteiger partial charge is 0.130 e. The third kappa shape index (κ3) is 3.42. The summed E-state index contributed by atoms with van der Waals surface area (Å²) in [5.41, 5.74) is 0.536. The summed E-state index contributed by atoms with van der Waals surface area (Å²) in [6.45, 7) is 2.67. The van der Waals surface area contributed by atoms with E-state index in [1.165, 1.54) is 24.3 Å². The number of thioether (sulfide) groups is 1. The van der Waals surface area contributed by atoms with E-state index in [9.17, 15) is 8.78 Å². The molecule has 1 aromatic carbocycles. The molecule has 0 aromatic heterocycles. The van der Waals surface area contributed by atoms with Crippen molar-refractivity contribution in [1.82, 2.24) is 5.32 Å². The van der Waals surface area contributed by atoms with E-state index in [0.717, 1.165) is 12.5 Å². The highest BCUT2D eigenvalue weighted by Gasteiger charge is 2.21. The maximum Gasteiger partial charge on any atom is 0.130 e. The molecule has 1 N–H and O–H groups in total. The van der Waals surface area contributed by atoms with Crippen LogP contribution >= 0.6 is 11.8 Å². The SMILES string of the molecule is CC1SCCCC1NCc1ccc(F)cc1F. The van der Waals surface area contributed by atoms with Gasteiger partial charge in [0, 0.05) is 29.5 Å². The quantitative estimate of drug-likeness (QED) is 0.891. The lowest BCUT2D eigenvalue weighted by Gasteiger charge is -2.29. The molecule has 0 amide bonds. The van der Waals surface area contributed by atoms with Crippen LogP contribution in [0.5, 0.6) is 0 Å². The van der Waals surface area contributed by atoms with Gasteiger partial charge in [0.15, 0.2) is 0 Å². The first-order valence-corrected chi connectivity index (χ1v) is 7.00. The van der Waals surface area contributed by atoms with Crippen LogP contribution in [0.25, 0.3) is 0 Å². The summed E-state index contributed by atoms with van der Waals surface area (Å²) in [7, 11) is 0. The Morgan fingerprint density at radius 1 is 1.41 bits per heavy atom. The summed E-state index contributed by atoms with van der Waals surface area (Å²) < 4.78 is 26.2. The second kappa shape index (κ2) is 5.83. The summed E-state index contributed by atoms with van der Waals surface area (Å²) in [6, 6.07) is 4.19. The second-order valence-electron chi connectivity index (χ2n) is 4.44. The Balaban J connectivity index is 1.92. The van der Waals surface area contributed by atoms with Crippen LogP contribution < -0.4 is 5.32 Å². The Labute approximate surface area is 105 Å². The molecule has 0 aliphatic carbocycles. The van der Waals surface area contributed by atoms with Gasteiger partial charge in [0.05, 0.1) is 0 Å². The van der Waals surface area contributed by atoms with Crippen molar-refractivity contribution in [2.45, 2.75) is 37.6 Å². The minimum Gasteiger partial charge on any atom is -0.309 e. The molecule has 1 aliphatic rings. The molecule has 0 spiro atoms. The molecule has 4 heteroatoms. The standard InChI is InChI=1S/C13H17F2NS/c1-9-13(3-2-6-17-9)16-8-10-4-5-11(14)7-12(10)15/h4-5,7,9,13,16H,2-3,6,8H2,1H3. The van der Waals surface area contributed by atoms with Gasteiger partial charge < -0.3 is 5.32 Å². The summed E-state index contributed by atoms with van der Waals surface area (Å²) in [6.07, 6.45) is 2.34. The van der Waals surface area contributed by atoms with Gasteiger partial charge in [-0.05, 0) is 24.7 Å². The molecule has 1 heterocycles. The molecule has 1 fully saturated rings. The van der Waals surface area contributed by atoms with Crippen LogP contribution in [0.1, 0.15) is 25.3 Å². The van der Waals surface area contributed by atoms with E-state index in [2.05, 4.69) is 12.2 Å². The van der Waals surface area contributed by atoms with E-state index < -0.39 is 11.6 Å². The molecular weight excluding hydrogens is 240 g/mol. The topological polar surface area (TPSA) is 12.0 Å². The number of hydrogen-bond acceptors (Lipinski definition) is 2. The van der Waals surface area contributed by atoms with E-state index in [1.807, 2.05) is 11.8 Å². The van der Waals surface area contributed by atoms with Crippen molar-refractivity contribution in [3.8, 4) is 0 Å². The lowest BCUT2D eigenvalue weighted by atomic mass is 10.1.